The fraction of sp³-hybridized carbons (Fsp3) is 0.125. The first-order valence-electron chi connectivity index (χ1n) is 6.42. The minimum atomic E-state index is -0.743. The first kappa shape index (κ1) is 15.5. The summed E-state index contributed by atoms with van der Waals surface area (Å²) in [5.41, 5.74) is 0.0887. The van der Waals surface area contributed by atoms with Crippen molar-refractivity contribution in [2.45, 2.75) is 13.5 Å². The Bertz CT molecular complexity index is 772. The van der Waals surface area contributed by atoms with Gasteiger partial charge in [-0.05, 0) is 19.1 Å². The van der Waals surface area contributed by atoms with Gasteiger partial charge < -0.3 is 19.4 Å². The second-order valence-electron chi connectivity index (χ2n) is 4.51. The third-order valence-corrected chi connectivity index (χ3v) is 2.84. The summed E-state index contributed by atoms with van der Waals surface area (Å²) >= 11 is 0. The molecule has 2 N–H and O–H groups in total. The third-order valence-electron chi connectivity index (χ3n) is 2.84. The van der Waals surface area contributed by atoms with Crippen molar-refractivity contribution in [2.75, 3.05) is 0 Å². The van der Waals surface area contributed by atoms with Crippen LogP contribution >= 0.6 is 0 Å². The molecule has 0 fully saturated rings. The van der Waals surface area contributed by atoms with Gasteiger partial charge in [-0.15, -0.1) is 0 Å². The van der Waals surface area contributed by atoms with Gasteiger partial charge in [-0.25, -0.2) is 4.79 Å². The number of benzene rings is 1. The van der Waals surface area contributed by atoms with E-state index in [-0.39, 0.29) is 22.8 Å². The minimum Gasteiger partial charge on any atom is -0.507 e. The number of aromatic hydroxyl groups is 1. The van der Waals surface area contributed by atoms with Crippen LogP contribution < -0.4 is 10.2 Å². The maximum Gasteiger partial charge on any atom is 0.339 e. The van der Waals surface area contributed by atoms with E-state index in [4.69, 9.17) is 14.3 Å². The summed E-state index contributed by atoms with van der Waals surface area (Å²) in [6.45, 7) is 1.08. The molecule has 0 aliphatic carbocycles. The van der Waals surface area contributed by atoms with Crippen molar-refractivity contribution in [1.82, 2.24) is 0 Å². The van der Waals surface area contributed by atoms with Crippen LogP contribution in [0.5, 0.6) is 11.5 Å². The SMILES string of the molecule is CC(=Cc1ccccc1O)C(=O)Oc1coc(CO)cc1=O. The summed E-state index contributed by atoms with van der Waals surface area (Å²) in [5.74, 6) is -0.910. The van der Waals surface area contributed by atoms with Crippen LogP contribution in [0, 0.1) is 0 Å². The molecule has 0 aliphatic rings. The number of ether oxygens (including phenoxy) is 1. The molecular weight excluding hydrogens is 288 g/mol. The van der Waals surface area contributed by atoms with E-state index in [9.17, 15) is 14.7 Å². The van der Waals surface area contributed by atoms with Gasteiger partial charge in [0.25, 0.3) is 0 Å². The highest BCUT2D eigenvalue weighted by molar-refractivity contribution is 5.94. The second kappa shape index (κ2) is 6.73. The maximum atomic E-state index is 11.9. The number of phenols is 1. The van der Waals surface area contributed by atoms with E-state index in [1.165, 1.54) is 19.1 Å². The molecule has 1 aromatic heterocycles. The summed E-state index contributed by atoms with van der Waals surface area (Å²) in [7, 11) is 0. The molecule has 6 nitrogen and oxygen atoms in total. The molecule has 0 atom stereocenters. The van der Waals surface area contributed by atoms with Crippen LogP contribution in [0.1, 0.15) is 18.2 Å². The Labute approximate surface area is 125 Å². The zero-order chi connectivity index (χ0) is 16.1. The lowest BCUT2D eigenvalue weighted by Crippen LogP contribution is -2.15. The van der Waals surface area contributed by atoms with E-state index in [1.54, 1.807) is 18.2 Å². The van der Waals surface area contributed by atoms with Gasteiger partial charge in [0, 0.05) is 17.2 Å². The fourth-order valence-electron chi connectivity index (χ4n) is 1.68. The highest BCUT2D eigenvalue weighted by atomic mass is 16.5. The van der Waals surface area contributed by atoms with Crippen molar-refractivity contribution in [3.8, 4) is 11.5 Å². The smallest absolute Gasteiger partial charge is 0.339 e. The predicted molar refractivity (Wildman–Crippen MR) is 78.3 cm³/mol. The van der Waals surface area contributed by atoms with Gasteiger partial charge in [0.05, 0.1) is 0 Å². The van der Waals surface area contributed by atoms with Gasteiger partial charge in [-0.3, -0.25) is 4.79 Å². The number of phenolic OH excluding ortho intramolecular Hbond substituents is 1. The number of carbonyl (C=O) groups excluding carboxylic acids is 1. The van der Waals surface area contributed by atoms with Crippen molar-refractivity contribution < 1.29 is 24.2 Å². The molecule has 0 radical (unpaired) electrons. The molecule has 0 unspecified atom stereocenters. The summed E-state index contributed by atoms with van der Waals surface area (Å²) in [6, 6.07) is 7.55. The van der Waals surface area contributed by atoms with E-state index in [0.29, 0.717) is 5.56 Å². The van der Waals surface area contributed by atoms with Crippen LogP contribution in [-0.2, 0) is 11.4 Å². The van der Waals surface area contributed by atoms with Crippen LogP contribution in [0.15, 0.2) is 51.4 Å². The molecule has 0 saturated heterocycles. The number of aliphatic hydroxyl groups excluding tert-OH is 1. The molecule has 22 heavy (non-hydrogen) atoms. The van der Waals surface area contributed by atoms with Crippen LogP contribution in [0.3, 0.4) is 0 Å². The summed E-state index contributed by atoms with van der Waals surface area (Å²) < 4.78 is 9.86. The number of esters is 1. The van der Waals surface area contributed by atoms with E-state index in [1.807, 2.05) is 0 Å². The lowest BCUT2D eigenvalue weighted by atomic mass is 10.1. The van der Waals surface area contributed by atoms with E-state index < -0.39 is 18.0 Å². The van der Waals surface area contributed by atoms with Gasteiger partial charge in [-0.2, -0.15) is 0 Å². The molecule has 0 amide bonds. The van der Waals surface area contributed by atoms with Gasteiger partial charge in [-0.1, -0.05) is 18.2 Å². The lowest BCUT2D eigenvalue weighted by Gasteiger charge is -2.04. The van der Waals surface area contributed by atoms with Crippen LogP contribution in [0.25, 0.3) is 6.08 Å². The topological polar surface area (TPSA) is 97.0 Å². The Morgan fingerprint density at radius 2 is 2.09 bits per heavy atom. The summed E-state index contributed by atoms with van der Waals surface area (Å²) in [4.78, 5) is 23.6. The highest BCUT2D eigenvalue weighted by Gasteiger charge is 2.12. The number of hydrogen-bond donors (Lipinski definition) is 2. The molecule has 1 heterocycles. The number of para-hydroxylation sites is 1. The standard InChI is InChI=1S/C16H14O6/c1-10(6-11-4-2-3-5-13(11)18)16(20)22-15-9-21-12(8-17)7-14(15)19/h2-7,9,17-18H,8H2,1H3. The molecule has 0 saturated carbocycles. The minimum absolute atomic E-state index is 0.0291. The third kappa shape index (κ3) is 3.62. The largest absolute Gasteiger partial charge is 0.507 e. The molecule has 0 spiro atoms. The van der Waals surface area contributed by atoms with Crippen molar-refractivity contribution in [1.29, 1.82) is 0 Å². The average Bonchev–Trinajstić information content (AvgIpc) is 2.51. The van der Waals surface area contributed by atoms with E-state index in [2.05, 4.69) is 0 Å². The Hall–Kier alpha value is -2.86. The maximum absolute atomic E-state index is 11.9. The van der Waals surface area contributed by atoms with E-state index >= 15 is 0 Å². The van der Waals surface area contributed by atoms with Crippen LogP contribution in [0.2, 0.25) is 0 Å². The van der Waals surface area contributed by atoms with Crippen molar-refractivity contribution >= 4 is 12.0 Å². The fourth-order valence-corrected chi connectivity index (χ4v) is 1.68. The quantitative estimate of drug-likeness (QED) is 0.661. The second-order valence-corrected chi connectivity index (χ2v) is 4.51. The Morgan fingerprint density at radius 1 is 1.36 bits per heavy atom. The van der Waals surface area contributed by atoms with Crippen LogP contribution in [-0.4, -0.2) is 16.2 Å². The predicted octanol–water partition coefficient (Wildman–Crippen LogP) is 1.85. The molecule has 2 aromatic rings. The molecular formula is C16H14O6. The molecule has 1 aromatic carbocycles. The number of aliphatic hydroxyl groups is 1. The zero-order valence-corrected chi connectivity index (χ0v) is 11.8. The monoisotopic (exact) mass is 302 g/mol. The Kier molecular flexibility index (Phi) is 4.75. The van der Waals surface area contributed by atoms with Gasteiger partial charge >= 0.3 is 5.97 Å². The summed E-state index contributed by atoms with van der Waals surface area (Å²) in [6.07, 6.45) is 2.42. The van der Waals surface area contributed by atoms with Crippen molar-refractivity contribution in [3.63, 3.8) is 0 Å². The van der Waals surface area contributed by atoms with Gasteiger partial charge in [0.2, 0.25) is 11.2 Å². The summed E-state index contributed by atoms with van der Waals surface area (Å²) in [5, 5.41) is 18.5. The normalized spacial score (nSPS) is 11.3. The van der Waals surface area contributed by atoms with Gasteiger partial charge in [0.1, 0.15) is 24.4 Å². The zero-order valence-electron chi connectivity index (χ0n) is 11.8. The number of rotatable bonds is 4. The molecule has 0 bridgehead atoms. The average molecular weight is 302 g/mol. The van der Waals surface area contributed by atoms with Crippen LogP contribution in [0.4, 0.5) is 0 Å². The first-order valence-corrected chi connectivity index (χ1v) is 6.42. The lowest BCUT2D eigenvalue weighted by molar-refractivity contribution is -0.130. The van der Waals surface area contributed by atoms with E-state index in [0.717, 1.165) is 12.3 Å². The van der Waals surface area contributed by atoms with Gasteiger partial charge in [0.15, 0.2) is 0 Å². The first-order chi connectivity index (χ1) is 10.5. The number of carbonyl (C=O) groups is 1. The molecule has 114 valence electrons. The van der Waals surface area contributed by atoms with Crippen molar-refractivity contribution in [2.24, 2.45) is 0 Å². The molecule has 2 rings (SSSR count). The molecule has 6 heteroatoms. The Balaban J connectivity index is 2.19. The highest BCUT2D eigenvalue weighted by Crippen LogP contribution is 2.19. The Morgan fingerprint density at radius 3 is 2.73 bits per heavy atom. The van der Waals surface area contributed by atoms with Crippen molar-refractivity contribution in [3.05, 3.63) is 63.7 Å². The molecule has 0 aliphatic heterocycles. The number of hydrogen-bond acceptors (Lipinski definition) is 6.